The van der Waals surface area contributed by atoms with E-state index >= 15 is 0 Å². The molecule has 1 aromatic heterocycles. The molecule has 0 saturated carbocycles. The molecule has 1 heterocycles. The Labute approximate surface area is 350 Å². The van der Waals surface area contributed by atoms with E-state index in [1.807, 2.05) is 12.1 Å². The second-order valence-electron chi connectivity index (χ2n) is 16.8. The number of rotatable bonds is 5. The van der Waals surface area contributed by atoms with Gasteiger partial charge in [0.25, 0.3) is 0 Å². The molecule has 10 aromatic rings. The molecular weight excluding hydrogens is 727 g/mol. The minimum absolute atomic E-state index is 0.137. The van der Waals surface area contributed by atoms with Crippen LogP contribution in [0.5, 0.6) is 0 Å². The first-order chi connectivity index (χ1) is 29.5. The second kappa shape index (κ2) is 13.0. The van der Waals surface area contributed by atoms with Crippen molar-refractivity contribution in [3.8, 4) is 33.4 Å². The van der Waals surface area contributed by atoms with Gasteiger partial charge in [-0.15, -0.1) is 0 Å². The number of para-hydroxylation sites is 2. The fraction of sp³-hybridized carbons (Fsp3) is 0.0690. The van der Waals surface area contributed by atoms with Crippen LogP contribution in [0, 0.1) is 0 Å². The summed E-state index contributed by atoms with van der Waals surface area (Å²) in [6, 6.07) is 77.9. The Morgan fingerprint density at radius 2 is 0.883 bits per heavy atom. The molecular formula is C58H41NO. The van der Waals surface area contributed by atoms with Crippen LogP contribution in [0.25, 0.3) is 55.3 Å². The third-order valence-electron chi connectivity index (χ3n) is 13.3. The number of fused-ring (bicyclic) bond motifs is 12. The maximum Gasteiger partial charge on any atom is 0.136 e. The smallest absolute Gasteiger partial charge is 0.136 e. The number of nitrogens with zero attached hydrogens (tertiary/aromatic N) is 1. The summed E-state index contributed by atoms with van der Waals surface area (Å²) in [4.78, 5) is 2.36. The number of hydrogen-bond acceptors (Lipinski definition) is 2. The van der Waals surface area contributed by atoms with E-state index in [1.165, 1.54) is 61.2 Å². The molecule has 1 spiro atoms. The SMILES string of the molecule is CC1(C)c2ccccc2C2(c3ccccc3-c3ccc(-c4cccc(N(c5ccccc5)c5ccc(-c6cccc7oc8ccccc8c67)cc5)c4)cc32)c2ccccc21. The Morgan fingerprint density at radius 3 is 1.65 bits per heavy atom. The minimum Gasteiger partial charge on any atom is -0.456 e. The molecule has 0 aliphatic heterocycles. The summed E-state index contributed by atoms with van der Waals surface area (Å²) in [5.41, 5.74) is 20.1. The molecule has 0 amide bonds. The van der Waals surface area contributed by atoms with E-state index in [0.29, 0.717) is 0 Å². The third-order valence-corrected chi connectivity index (χ3v) is 13.3. The molecule has 9 aromatic carbocycles. The quantitative estimate of drug-likeness (QED) is 0.173. The van der Waals surface area contributed by atoms with Crippen molar-refractivity contribution in [1.82, 2.24) is 0 Å². The maximum atomic E-state index is 6.24. The van der Waals surface area contributed by atoms with Gasteiger partial charge in [-0.3, -0.25) is 0 Å². The lowest BCUT2D eigenvalue weighted by molar-refractivity contribution is 0.563. The van der Waals surface area contributed by atoms with Crippen LogP contribution < -0.4 is 4.90 Å². The molecule has 2 nitrogen and oxygen atoms in total. The Kier molecular flexibility index (Phi) is 7.52. The normalized spacial score (nSPS) is 14.1. The zero-order valence-corrected chi connectivity index (χ0v) is 33.6. The minimum atomic E-state index is -0.437. The van der Waals surface area contributed by atoms with Gasteiger partial charge in [0.2, 0.25) is 0 Å². The van der Waals surface area contributed by atoms with Gasteiger partial charge in [-0.2, -0.15) is 0 Å². The Bertz CT molecular complexity index is 3250. The van der Waals surface area contributed by atoms with Crippen LogP contribution in [-0.4, -0.2) is 0 Å². The lowest BCUT2D eigenvalue weighted by Crippen LogP contribution is -2.40. The van der Waals surface area contributed by atoms with Crippen LogP contribution in [0.2, 0.25) is 0 Å². The van der Waals surface area contributed by atoms with Crippen molar-refractivity contribution in [3.05, 3.63) is 246 Å². The summed E-state index contributed by atoms with van der Waals surface area (Å²) in [7, 11) is 0. The monoisotopic (exact) mass is 767 g/mol. The summed E-state index contributed by atoms with van der Waals surface area (Å²) in [6.45, 7) is 4.77. The molecule has 0 radical (unpaired) electrons. The largest absolute Gasteiger partial charge is 0.456 e. The molecule has 0 fully saturated rings. The van der Waals surface area contributed by atoms with Gasteiger partial charge in [0, 0.05) is 33.2 Å². The zero-order chi connectivity index (χ0) is 40.0. The van der Waals surface area contributed by atoms with Crippen LogP contribution in [0.4, 0.5) is 17.1 Å². The highest BCUT2D eigenvalue weighted by molar-refractivity contribution is 6.12. The second-order valence-corrected chi connectivity index (χ2v) is 16.8. The molecule has 0 N–H and O–H groups in total. The van der Waals surface area contributed by atoms with Crippen molar-refractivity contribution in [1.29, 1.82) is 0 Å². The number of furan rings is 1. The van der Waals surface area contributed by atoms with Gasteiger partial charge >= 0.3 is 0 Å². The molecule has 0 bridgehead atoms. The summed E-state index contributed by atoms with van der Waals surface area (Å²) >= 11 is 0. The van der Waals surface area contributed by atoms with Gasteiger partial charge in [0.05, 0.1) is 5.41 Å². The highest BCUT2D eigenvalue weighted by atomic mass is 16.3. The Balaban J connectivity index is 1.000. The molecule has 60 heavy (non-hydrogen) atoms. The molecule has 2 aliphatic rings. The first kappa shape index (κ1) is 34.6. The van der Waals surface area contributed by atoms with Crippen LogP contribution >= 0.6 is 0 Å². The van der Waals surface area contributed by atoms with E-state index in [9.17, 15) is 0 Å². The molecule has 2 heteroatoms. The highest BCUT2D eigenvalue weighted by Gasteiger charge is 2.53. The van der Waals surface area contributed by atoms with Crippen molar-refractivity contribution in [3.63, 3.8) is 0 Å². The van der Waals surface area contributed by atoms with Crippen molar-refractivity contribution in [2.24, 2.45) is 0 Å². The van der Waals surface area contributed by atoms with Crippen LogP contribution in [0.1, 0.15) is 47.2 Å². The van der Waals surface area contributed by atoms with E-state index in [2.05, 4.69) is 219 Å². The van der Waals surface area contributed by atoms with Gasteiger partial charge in [-0.25, -0.2) is 0 Å². The number of benzene rings is 9. The van der Waals surface area contributed by atoms with Gasteiger partial charge < -0.3 is 9.32 Å². The fourth-order valence-electron chi connectivity index (χ4n) is 10.7. The predicted octanol–water partition coefficient (Wildman–Crippen LogP) is 15.4. The first-order valence-corrected chi connectivity index (χ1v) is 20.9. The van der Waals surface area contributed by atoms with E-state index in [-0.39, 0.29) is 5.41 Å². The third kappa shape index (κ3) is 4.88. The van der Waals surface area contributed by atoms with Crippen LogP contribution in [-0.2, 0) is 10.8 Å². The first-order valence-electron chi connectivity index (χ1n) is 20.9. The maximum absolute atomic E-state index is 6.24. The molecule has 0 unspecified atom stereocenters. The molecule has 0 saturated heterocycles. The van der Waals surface area contributed by atoms with Crippen LogP contribution in [0.15, 0.2) is 217 Å². The van der Waals surface area contributed by atoms with Gasteiger partial charge in [0.1, 0.15) is 11.2 Å². The highest BCUT2D eigenvalue weighted by Crippen LogP contribution is 2.62. The van der Waals surface area contributed by atoms with Crippen molar-refractivity contribution in [2.75, 3.05) is 4.90 Å². The molecule has 2 aliphatic carbocycles. The number of hydrogen-bond donors (Lipinski definition) is 0. The van der Waals surface area contributed by atoms with Gasteiger partial charge in [-0.05, 0) is 121 Å². The van der Waals surface area contributed by atoms with E-state index in [1.54, 1.807) is 0 Å². The van der Waals surface area contributed by atoms with Crippen molar-refractivity contribution < 1.29 is 4.42 Å². The Morgan fingerprint density at radius 1 is 0.350 bits per heavy atom. The van der Waals surface area contributed by atoms with E-state index in [4.69, 9.17) is 4.42 Å². The summed E-state index contributed by atoms with van der Waals surface area (Å²) < 4.78 is 6.24. The summed E-state index contributed by atoms with van der Waals surface area (Å²) in [6.07, 6.45) is 0. The molecule has 12 rings (SSSR count). The van der Waals surface area contributed by atoms with Gasteiger partial charge in [-0.1, -0.05) is 172 Å². The number of anilines is 3. The lowest BCUT2D eigenvalue weighted by atomic mass is 9.55. The lowest BCUT2D eigenvalue weighted by Gasteiger charge is -2.46. The zero-order valence-electron chi connectivity index (χ0n) is 33.6. The van der Waals surface area contributed by atoms with Crippen molar-refractivity contribution in [2.45, 2.75) is 24.7 Å². The standard InChI is InChI=1S/C58H41NO/c1-57(2)49-24-9-11-26-51(49)58(52-27-12-10-25-50(52)57)48-23-8-6-20-45(48)46-35-32-40(37-53(46)58)39-16-14-19-43(36-39)59(41-17-4-3-5-18-41)42-33-30-38(31-34-42)44-22-15-29-55-56(44)47-21-7-13-28-54(47)60-55/h3-37H,1-2H3. The summed E-state index contributed by atoms with van der Waals surface area (Å²) in [5, 5.41) is 2.29. The Hall–Kier alpha value is -7.42. The summed E-state index contributed by atoms with van der Waals surface area (Å²) in [5.74, 6) is 0. The topological polar surface area (TPSA) is 16.4 Å². The van der Waals surface area contributed by atoms with E-state index < -0.39 is 5.41 Å². The average molecular weight is 768 g/mol. The fourth-order valence-corrected chi connectivity index (χ4v) is 10.7. The van der Waals surface area contributed by atoms with E-state index in [0.717, 1.165) is 44.6 Å². The molecule has 284 valence electrons. The van der Waals surface area contributed by atoms with Gasteiger partial charge in [0.15, 0.2) is 0 Å². The predicted molar refractivity (Wildman–Crippen MR) is 249 cm³/mol. The van der Waals surface area contributed by atoms with Crippen molar-refractivity contribution >= 4 is 39.0 Å². The van der Waals surface area contributed by atoms with Crippen LogP contribution in [0.3, 0.4) is 0 Å². The average Bonchev–Trinajstić information content (AvgIpc) is 3.83. The molecule has 0 atom stereocenters.